The summed E-state index contributed by atoms with van der Waals surface area (Å²) in [7, 11) is 3.92. The number of nitrogens with zero attached hydrogens (tertiary/aromatic N) is 3. The highest BCUT2D eigenvalue weighted by Gasteiger charge is 2.24. The molecule has 2 rings (SSSR count). The van der Waals surface area contributed by atoms with Crippen LogP contribution in [0.25, 0.3) is 0 Å². The number of hydrogen-bond donors (Lipinski definition) is 1. The molecule has 0 aliphatic carbocycles. The monoisotopic (exact) mass is 249 g/mol. The van der Waals surface area contributed by atoms with E-state index in [1.54, 1.807) is 4.90 Å². The zero-order valence-corrected chi connectivity index (χ0v) is 10.8. The molecule has 1 aliphatic rings. The average Bonchev–Trinajstić information content (AvgIpc) is 2.38. The minimum Gasteiger partial charge on any atom is -0.506 e. The second-order valence-corrected chi connectivity index (χ2v) is 4.88. The third-order valence-electron chi connectivity index (χ3n) is 3.53. The maximum atomic E-state index is 12.2. The van der Waals surface area contributed by atoms with Crippen LogP contribution in [-0.2, 0) is 0 Å². The van der Waals surface area contributed by atoms with E-state index in [2.05, 4.69) is 16.9 Å². The van der Waals surface area contributed by atoms with E-state index in [0.717, 1.165) is 25.9 Å². The topological polar surface area (TPSA) is 56.7 Å². The highest BCUT2D eigenvalue weighted by molar-refractivity contribution is 5.94. The molecule has 1 aromatic heterocycles. The minimum absolute atomic E-state index is 0.0256. The molecule has 1 N–H and O–H groups in total. The Kier molecular flexibility index (Phi) is 3.81. The fraction of sp³-hybridized carbons (Fsp3) is 0.538. The van der Waals surface area contributed by atoms with Crippen LogP contribution in [0.4, 0.5) is 0 Å². The van der Waals surface area contributed by atoms with Crippen LogP contribution in [0.3, 0.4) is 0 Å². The van der Waals surface area contributed by atoms with E-state index in [4.69, 9.17) is 0 Å². The lowest BCUT2D eigenvalue weighted by atomic mass is 10.0. The summed E-state index contributed by atoms with van der Waals surface area (Å²) in [6, 6.07) is 1.73. The zero-order valence-electron chi connectivity index (χ0n) is 10.8. The van der Waals surface area contributed by atoms with Crippen LogP contribution < -0.4 is 0 Å². The maximum absolute atomic E-state index is 12.2. The van der Waals surface area contributed by atoms with Crippen molar-refractivity contribution >= 4 is 5.91 Å². The Morgan fingerprint density at radius 3 is 2.72 bits per heavy atom. The number of piperidine rings is 1. The van der Waals surface area contributed by atoms with E-state index in [9.17, 15) is 9.90 Å². The second-order valence-electron chi connectivity index (χ2n) is 4.88. The van der Waals surface area contributed by atoms with E-state index in [1.807, 2.05) is 7.05 Å². The van der Waals surface area contributed by atoms with Gasteiger partial charge in [0.15, 0.2) is 0 Å². The van der Waals surface area contributed by atoms with Crippen molar-refractivity contribution < 1.29 is 9.90 Å². The Hall–Kier alpha value is -1.62. The second kappa shape index (κ2) is 5.35. The van der Waals surface area contributed by atoms with Gasteiger partial charge in [0.05, 0.1) is 11.8 Å². The molecule has 0 bridgehead atoms. The number of carbonyl (C=O) groups is 1. The van der Waals surface area contributed by atoms with Crippen molar-refractivity contribution in [3.8, 4) is 5.75 Å². The van der Waals surface area contributed by atoms with Gasteiger partial charge in [0.1, 0.15) is 5.75 Å². The normalized spacial score (nSPS) is 17.7. The fourth-order valence-electron chi connectivity index (χ4n) is 2.30. The first-order valence-corrected chi connectivity index (χ1v) is 6.17. The van der Waals surface area contributed by atoms with Gasteiger partial charge in [-0.15, -0.1) is 0 Å². The number of aromatic nitrogens is 1. The van der Waals surface area contributed by atoms with Crippen molar-refractivity contribution in [1.82, 2.24) is 14.8 Å². The van der Waals surface area contributed by atoms with Crippen molar-refractivity contribution in [1.29, 1.82) is 0 Å². The first-order chi connectivity index (χ1) is 8.58. The highest BCUT2D eigenvalue weighted by atomic mass is 16.3. The number of amides is 1. The Balaban J connectivity index is 2.04. The summed E-state index contributed by atoms with van der Waals surface area (Å²) >= 11 is 0. The number of carbonyl (C=O) groups excluding carboxylic acids is 1. The summed E-state index contributed by atoms with van der Waals surface area (Å²) in [6.45, 7) is 2.03. The Labute approximate surface area is 107 Å². The van der Waals surface area contributed by atoms with Gasteiger partial charge < -0.3 is 14.9 Å². The molecule has 5 heteroatoms. The largest absolute Gasteiger partial charge is 0.506 e. The van der Waals surface area contributed by atoms with Crippen LogP contribution in [0.15, 0.2) is 18.5 Å². The number of likely N-dealkylation sites (tertiary alicyclic amines) is 1. The van der Waals surface area contributed by atoms with Gasteiger partial charge in [-0.25, -0.2) is 0 Å². The van der Waals surface area contributed by atoms with Crippen LogP contribution in [0, 0.1) is 0 Å². The van der Waals surface area contributed by atoms with Gasteiger partial charge >= 0.3 is 0 Å². The van der Waals surface area contributed by atoms with Gasteiger partial charge in [0, 0.05) is 19.3 Å². The lowest BCUT2D eigenvalue weighted by Crippen LogP contribution is -2.44. The predicted octanol–water partition coefficient (Wildman–Crippen LogP) is 0.953. The van der Waals surface area contributed by atoms with Gasteiger partial charge in [0.2, 0.25) is 0 Å². The summed E-state index contributed by atoms with van der Waals surface area (Å²) < 4.78 is 0. The van der Waals surface area contributed by atoms with Crippen molar-refractivity contribution in [2.24, 2.45) is 0 Å². The molecule has 1 saturated heterocycles. The summed E-state index contributed by atoms with van der Waals surface area (Å²) in [5, 5.41) is 9.35. The summed E-state index contributed by atoms with van der Waals surface area (Å²) in [6.07, 6.45) is 4.80. The van der Waals surface area contributed by atoms with E-state index >= 15 is 0 Å². The van der Waals surface area contributed by atoms with Crippen LogP contribution in [-0.4, -0.2) is 59.0 Å². The smallest absolute Gasteiger partial charge is 0.255 e. The molecule has 0 spiro atoms. The van der Waals surface area contributed by atoms with Gasteiger partial charge in [-0.1, -0.05) is 0 Å². The van der Waals surface area contributed by atoms with E-state index in [-0.39, 0.29) is 17.7 Å². The lowest BCUT2D eigenvalue weighted by molar-refractivity contribution is 0.0659. The SMILES string of the molecule is CN1CCC(N(C)C(=O)c2cncc(O)c2)CC1. The summed E-state index contributed by atoms with van der Waals surface area (Å²) in [5.41, 5.74) is 0.441. The maximum Gasteiger partial charge on any atom is 0.255 e. The van der Waals surface area contributed by atoms with E-state index < -0.39 is 0 Å². The minimum atomic E-state index is -0.0760. The van der Waals surface area contributed by atoms with Gasteiger partial charge in [-0.3, -0.25) is 9.78 Å². The molecular formula is C13H19N3O2. The molecule has 0 atom stereocenters. The Morgan fingerprint density at radius 1 is 1.44 bits per heavy atom. The molecule has 0 aromatic carbocycles. The summed E-state index contributed by atoms with van der Waals surface area (Å²) in [4.78, 5) is 20.1. The molecular weight excluding hydrogens is 230 g/mol. The molecule has 5 nitrogen and oxygen atoms in total. The highest BCUT2D eigenvalue weighted by Crippen LogP contribution is 2.17. The first kappa shape index (κ1) is 12.8. The zero-order chi connectivity index (χ0) is 13.1. The third-order valence-corrected chi connectivity index (χ3v) is 3.53. The van der Waals surface area contributed by atoms with Crippen molar-refractivity contribution in [2.45, 2.75) is 18.9 Å². The summed E-state index contributed by atoms with van der Waals surface area (Å²) in [5.74, 6) is -0.0504. The van der Waals surface area contributed by atoms with Crippen LogP contribution in [0.1, 0.15) is 23.2 Å². The van der Waals surface area contributed by atoms with Crippen molar-refractivity contribution in [3.63, 3.8) is 0 Å². The Morgan fingerprint density at radius 2 is 2.11 bits per heavy atom. The molecule has 0 unspecified atom stereocenters. The number of rotatable bonds is 2. The predicted molar refractivity (Wildman–Crippen MR) is 68.5 cm³/mol. The molecule has 1 aliphatic heterocycles. The fourth-order valence-corrected chi connectivity index (χ4v) is 2.30. The third kappa shape index (κ3) is 2.79. The van der Waals surface area contributed by atoms with E-state index in [1.165, 1.54) is 18.5 Å². The van der Waals surface area contributed by atoms with Crippen LogP contribution in [0.5, 0.6) is 5.75 Å². The van der Waals surface area contributed by atoms with Crippen LogP contribution >= 0.6 is 0 Å². The number of aromatic hydroxyl groups is 1. The van der Waals surface area contributed by atoms with Crippen molar-refractivity contribution in [3.05, 3.63) is 24.0 Å². The molecule has 1 aromatic rings. The average molecular weight is 249 g/mol. The van der Waals surface area contributed by atoms with Gasteiger partial charge in [-0.05, 0) is 39.0 Å². The Bertz CT molecular complexity index is 428. The number of hydrogen-bond acceptors (Lipinski definition) is 4. The molecule has 1 fully saturated rings. The first-order valence-electron chi connectivity index (χ1n) is 6.17. The number of pyridine rings is 1. The molecule has 18 heavy (non-hydrogen) atoms. The molecule has 2 heterocycles. The van der Waals surface area contributed by atoms with Gasteiger partial charge in [0.25, 0.3) is 5.91 Å². The van der Waals surface area contributed by atoms with Gasteiger partial charge in [-0.2, -0.15) is 0 Å². The standard InChI is InChI=1S/C13H19N3O2/c1-15-5-3-11(4-6-15)16(2)13(18)10-7-12(17)9-14-8-10/h7-9,11,17H,3-6H2,1-2H3. The van der Waals surface area contributed by atoms with Crippen molar-refractivity contribution in [2.75, 3.05) is 27.2 Å². The molecule has 1 amide bonds. The molecule has 0 saturated carbocycles. The molecule has 98 valence electrons. The van der Waals surface area contributed by atoms with E-state index in [0.29, 0.717) is 5.56 Å². The molecule has 0 radical (unpaired) electrons. The quantitative estimate of drug-likeness (QED) is 0.848. The lowest BCUT2D eigenvalue weighted by Gasteiger charge is -2.35. The van der Waals surface area contributed by atoms with Crippen LogP contribution in [0.2, 0.25) is 0 Å².